The lowest BCUT2D eigenvalue weighted by atomic mass is 10.0. The summed E-state index contributed by atoms with van der Waals surface area (Å²) in [6, 6.07) is 1.65. The minimum Gasteiger partial charge on any atom is -0.508 e. The van der Waals surface area contributed by atoms with Gasteiger partial charge in [-0.1, -0.05) is 0 Å². The number of carbonyl (C=O) groups is 1. The Morgan fingerprint density at radius 2 is 1.80 bits per heavy atom. The number of alkyl halides is 3. The first-order chi connectivity index (χ1) is 6.75. The Bertz CT molecular complexity index is 410. The molecule has 0 heterocycles. The molecule has 1 aromatic carbocycles. The van der Waals surface area contributed by atoms with Crippen molar-refractivity contribution in [2.24, 2.45) is 0 Å². The molecule has 0 fully saturated rings. The van der Waals surface area contributed by atoms with Crippen LogP contribution in [-0.2, 0) is 0 Å². The van der Waals surface area contributed by atoms with Gasteiger partial charge < -0.3 is 10.2 Å². The van der Waals surface area contributed by atoms with Crippen molar-refractivity contribution in [1.82, 2.24) is 0 Å². The molecule has 0 bridgehead atoms. The number of ketones is 1. The Hall–Kier alpha value is -1.72. The van der Waals surface area contributed by atoms with Crippen LogP contribution in [0.3, 0.4) is 0 Å². The van der Waals surface area contributed by atoms with Crippen molar-refractivity contribution in [1.29, 1.82) is 0 Å². The Morgan fingerprint density at radius 1 is 1.27 bits per heavy atom. The average molecular weight is 220 g/mol. The molecule has 0 amide bonds. The Labute approximate surface area is 82.8 Å². The third kappa shape index (κ3) is 2.03. The monoisotopic (exact) mass is 220 g/mol. The van der Waals surface area contributed by atoms with Crippen LogP contribution < -0.4 is 0 Å². The maximum absolute atomic E-state index is 12.0. The molecule has 6 heteroatoms. The predicted molar refractivity (Wildman–Crippen MR) is 44.9 cm³/mol. The smallest absolute Gasteiger partial charge is 0.455 e. The van der Waals surface area contributed by atoms with E-state index in [2.05, 4.69) is 0 Å². The van der Waals surface area contributed by atoms with Gasteiger partial charge in [0.1, 0.15) is 11.5 Å². The standard InChI is InChI=1S/C9H7F3O3/c1-4-6(13)3-2-5(7(4)14)8(15)9(10,11)12/h2-3,13-14H,1H3. The summed E-state index contributed by atoms with van der Waals surface area (Å²) in [6.45, 7) is 1.21. The maximum Gasteiger partial charge on any atom is 0.455 e. The molecule has 0 aliphatic carbocycles. The predicted octanol–water partition coefficient (Wildman–Crippen LogP) is 2.15. The molecule has 0 spiro atoms. The van der Waals surface area contributed by atoms with Gasteiger partial charge in [-0.2, -0.15) is 13.2 Å². The zero-order valence-electron chi connectivity index (χ0n) is 7.59. The van der Waals surface area contributed by atoms with Crippen molar-refractivity contribution in [3.8, 4) is 11.5 Å². The molecule has 0 unspecified atom stereocenters. The summed E-state index contributed by atoms with van der Waals surface area (Å²) in [4.78, 5) is 10.8. The number of phenolic OH excluding ortho intramolecular Hbond substituents is 2. The van der Waals surface area contributed by atoms with Crippen molar-refractivity contribution >= 4 is 5.78 Å². The van der Waals surface area contributed by atoms with Gasteiger partial charge in [-0.3, -0.25) is 4.79 Å². The fraction of sp³-hybridized carbons (Fsp3) is 0.222. The number of halogens is 3. The lowest BCUT2D eigenvalue weighted by Crippen LogP contribution is -2.22. The highest BCUT2D eigenvalue weighted by molar-refractivity contribution is 6.03. The van der Waals surface area contributed by atoms with Gasteiger partial charge in [0, 0.05) is 5.56 Å². The van der Waals surface area contributed by atoms with Crippen LogP contribution in [0.2, 0.25) is 0 Å². The van der Waals surface area contributed by atoms with Gasteiger partial charge in [-0.25, -0.2) is 0 Å². The van der Waals surface area contributed by atoms with Crippen molar-refractivity contribution in [3.63, 3.8) is 0 Å². The molecule has 1 aromatic rings. The zero-order valence-corrected chi connectivity index (χ0v) is 7.59. The molecule has 15 heavy (non-hydrogen) atoms. The summed E-state index contributed by atoms with van der Waals surface area (Å²) in [6.07, 6.45) is -5.04. The van der Waals surface area contributed by atoms with Crippen LogP contribution in [0, 0.1) is 6.92 Å². The number of hydrogen-bond donors (Lipinski definition) is 2. The van der Waals surface area contributed by atoms with Crippen LogP contribution >= 0.6 is 0 Å². The largest absolute Gasteiger partial charge is 0.508 e. The quantitative estimate of drug-likeness (QED) is 0.713. The summed E-state index contributed by atoms with van der Waals surface area (Å²) in [5, 5.41) is 18.3. The van der Waals surface area contributed by atoms with Crippen molar-refractivity contribution in [2.75, 3.05) is 0 Å². The number of Topliss-reactive ketones (excluding diaryl/α,β-unsaturated/α-hetero) is 1. The van der Waals surface area contributed by atoms with Crippen LogP contribution in [0.25, 0.3) is 0 Å². The van der Waals surface area contributed by atoms with E-state index in [9.17, 15) is 23.1 Å². The fourth-order valence-electron chi connectivity index (χ4n) is 1.03. The number of carbonyl (C=O) groups excluding carboxylic acids is 1. The molecule has 0 aromatic heterocycles. The van der Waals surface area contributed by atoms with Crippen LogP contribution in [0.15, 0.2) is 12.1 Å². The highest BCUT2D eigenvalue weighted by atomic mass is 19.4. The number of phenols is 2. The molecule has 1 rings (SSSR count). The van der Waals surface area contributed by atoms with Gasteiger partial charge in [0.05, 0.1) is 5.56 Å². The molecule has 3 nitrogen and oxygen atoms in total. The molecular weight excluding hydrogens is 213 g/mol. The normalized spacial score (nSPS) is 11.5. The number of aromatic hydroxyl groups is 2. The van der Waals surface area contributed by atoms with E-state index < -0.39 is 23.3 Å². The van der Waals surface area contributed by atoms with E-state index in [-0.39, 0.29) is 11.3 Å². The Morgan fingerprint density at radius 3 is 2.27 bits per heavy atom. The van der Waals surface area contributed by atoms with Crippen LogP contribution in [0.4, 0.5) is 13.2 Å². The third-order valence-corrected chi connectivity index (χ3v) is 1.90. The van der Waals surface area contributed by atoms with Gasteiger partial charge in [-0.15, -0.1) is 0 Å². The van der Waals surface area contributed by atoms with Crippen LogP contribution in [0.5, 0.6) is 11.5 Å². The average Bonchev–Trinajstić information content (AvgIpc) is 2.12. The fourth-order valence-corrected chi connectivity index (χ4v) is 1.03. The lowest BCUT2D eigenvalue weighted by molar-refractivity contribution is -0.0886. The first-order valence-corrected chi connectivity index (χ1v) is 3.88. The van der Waals surface area contributed by atoms with Gasteiger partial charge in [0.15, 0.2) is 0 Å². The third-order valence-electron chi connectivity index (χ3n) is 1.90. The summed E-state index contributed by atoms with van der Waals surface area (Å²) < 4.78 is 36.1. The number of rotatable bonds is 1. The van der Waals surface area contributed by atoms with E-state index in [1.54, 1.807) is 0 Å². The minimum absolute atomic E-state index is 0.162. The first-order valence-electron chi connectivity index (χ1n) is 3.88. The summed E-state index contributed by atoms with van der Waals surface area (Å²) in [7, 11) is 0. The topological polar surface area (TPSA) is 57.5 Å². The minimum atomic E-state index is -5.04. The second-order valence-corrected chi connectivity index (χ2v) is 2.93. The molecule has 0 aliphatic heterocycles. The van der Waals surface area contributed by atoms with E-state index in [1.165, 1.54) is 6.92 Å². The second kappa shape index (κ2) is 3.45. The van der Waals surface area contributed by atoms with Gasteiger partial charge in [-0.05, 0) is 19.1 Å². The van der Waals surface area contributed by atoms with Crippen molar-refractivity contribution < 1.29 is 28.2 Å². The molecule has 0 saturated heterocycles. The molecule has 0 aliphatic rings. The molecular formula is C9H7F3O3. The summed E-state index contributed by atoms with van der Waals surface area (Å²) in [5.74, 6) is -3.35. The molecule has 0 atom stereocenters. The van der Waals surface area contributed by atoms with Gasteiger partial charge in [0.25, 0.3) is 5.78 Å². The first kappa shape index (κ1) is 11.4. The Balaban J connectivity index is 3.29. The van der Waals surface area contributed by atoms with Crippen LogP contribution in [-0.4, -0.2) is 22.2 Å². The summed E-state index contributed by atoms with van der Waals surface area (Å²) in [5.41, 5.74) is -1.03. The van der Waals surface area contributed by atoms with Gasteiger partial charge >= 0.3 is 6.18 Å². The number of hydrogen-bond acceptors (Lipinski definition) is 3. The Kier molecular flexibility index (Phi) is 2.61. The second-order valence-electron chi connectivity index (χ2n) is 2.93. The molecule has 0 saturated carbocycles. The lowest BCUT2D eigenvalue weighted by Gasteiger charge is -2.09. The summed E-state index contributed by atoms with van der Waals surface area (Å²) >= 11 is 0. The molecule has 82 valence electrons. The van der Waals surface area contributed by atoms with Gasteiger partial charge in [0.2, 0.25) is 0 Å². The molecule has 2 N–H and O–H groups in total. The highest BCUT2D eigenvalue weighted by Gasteiger charge is 2.40. The number of benzene rings is 1. The molecule has 0 radical (unpaired) electrons. The van der Waals surface area contributed by atoms with Crippen molar-refractivity contribution in [3.05, 3.63) is 23.3 Å². The van der Waals surface area contributed by atoms with E-state index in [0.717, 1.165) is 12.1 Å². The van der Waals surface area contributed by atoms with E-state index in [1.807, 2.05) is 0 Å². The maximum atomic E-state index is 12.0. The van der Waals surface area contributed by atoms with E-state index in [4.69, 9.17) is 5.11 Å². The van der Waals surface area contributed by atoms with E-state index >= 15 is 0 Å². The van der Waals surface area contributed by atoms with Crippen molar-refractivity contribution in [2.45, 2.75) is 13.1 Å². The highest BCUT2D eigenvalue weighted by Crippen LogP contribution is 2.33. The van der Waals surface area contributed by atoms with E-state index in [0.29, 0.717) is 0 Å². The SMILES string of the molecule is Cc1c(O)ccc(C(=O)C(F)(F)F)c1O. The zero-order chi connectivity index (χ0) is 11.8. The van der Waals surface area contributed by atoms with Crippen LogP contribution in [0.1, 0.15) is 15.9 Å².